The van der Waals surface area contributed by atoms with E-state index in [4.69, 9.17) is 9.15 Å². The zero-order valence-electron chi connectivity index (χ0n) is 18.5. The molecule has 1 aliphatic rings. The van der Waals surface area contributed by atoms with E-state index in [1.54, 1.807) is 4.90 Å². The molecule has 29 heavy (non-hydrogen) atoms. The van der Waals surface area contributed by atoms with Gasteiger partial charge in [0.15, 0.2) is 5.96 Å². The molecule has 8 nitrogen and oxygen atoms in total. The van der Waals surface area contributed by atoms with Gasteiger partial charge in [-0.3, -0.25) is 0 Å². The Kier molecular flexibility index (Phi) is 10.2. The Hall–Kier alpha value is -1.52. The Morgan fingerprint density at radius 2 is 1.93 bits per heavy atom. The fourth-order valence-corrected chi connectivity index (χ4v) is 2.98. The molecule has 1 aliphatic heterocycles. The smallest absolute Gasteiger partial charge is 0.410 e. The number of carbonyl (C=O) groups is 1. The van der Waals surface area contributed by atoms with Crippen LogP contribution in [0.4, 0.5) is 4.79 Å². The summed E-state index contributed by atoms with van der Waals surface area (Å²) in [5.74, 6) is 2.71. The van der Waals surface area contributed by atoms with Crippen LogP contribution in [0.15, 0.2) is 9.41 Å². The largest absolute Gasteiger partial charge is 0.444 e. The molecule has 0 radical (unpaired) electrons. The molecule has 1 aromatic heterocycles. The molecule has 0 aromatic carbocycles. The van der Waals surface area contributed by atoms with Crippen molar-refractivity contribution < 1.29 is 13.9 Å². The molecule has 0 spiro atoms. The van der Waals surface area contributed by atoms with Crippen LogP contribution in [0.1, 0.15) is 57.9 Å². The number of guanidine groups is 1. The van der Waals surface area contributed by atoms with Gasteiger partial charge in [-0.25, -0.2) is 14.8 Å². The van der Waals surface area contributed by atoms with E-state index in [0.717, 1.165) is 56.4 Å². The molecule has 9 heteroatoms. The number of nitrogens with one attached hydrogen (secondary N) is 2. The third-order valence-corrected chi connectivity index (χ3v) is 4.61. The maximum atomic E-state index is 12.2. The van der Waals surface area contributed by atoms with E-state index < -0.39 is 5.60 Å². The van der Waals surface area contributed by atoms with E-state index in [9.17, 15) is 4.79 Å². The maximum absolute atomic E-state index is 12.2. The van der Waals surface area contributed by atoms with Crippen LogP contribution >= 0.6 is 24.0 Å². The minimum atomic E-state index is -0.452. The Balaban J connectivity index is 0.00000420. The zero-order valence-corrected chi connectivity index (χ0v) is 20.8. The predicted molar refractivity (Wildman–Crippen MR) is 125 cm³/mol. The molecule has 2 heterocycles. The van der Waals surface area contributed by atoms with Gasteiger partial charge in [0.1, 0.15) is 17.9 Å². The van der Waals surface area contributed by atoms with Gasteiger partial charge in [0.25, 0.3) is 0 Å². The topological polar surface area (TPSA) is 92.0 Å². The van der Waals surface area contributed by atoms with Gasteiger partial charge in [-0.15, -0.1) is 24.0 Å². The molecule has 0 unspecified atom stereocenters. The number of aliphatic imine (C=N–C) groups is 1. The maximum Gasteiger partial charge on any atom is 0.410 e. The number of ether oxygens (including phenoxy) is 1. The molecule has 2 rings (SSSR count). The van der Waals surface area contributed by atoms with Gasteiger partial charge < -0.3 is 24.7 Å². The normalized spacial score (nSPS) is 15.7. The van der Waals surface area contributed by atoms with E-state index in [1.807, 2.05) is 41.5 Å². The Morgan fingerprint density at radius 1 is 1.28 bits per heavy atom. The fourth-order valence-electron chi connectivity index (χ4n) is 2.98. The van der Waals surface area contributed by atoms with E-state index in [1.165, 1.54) is 0 Å². The summed E-state index contributed by atoms with van der Waals surface area (Å²) in [5, 5.41) is 6.65. The highest BCUT2D eigenvalue weighted by molar-refractivity contribution is 14.0. The molecule has 166 valence electrons. The van der Waals surface area contributed by atoms with E-state index in [2.05, 4.69) is 20.6 Å². The number of aryl methyl sites for hydroxylation is 2. The molecular weight excluding hydrogens is 485 g/mol. The van der Waals surface area contributed by atoms with Crippen molar-refractivity contribution in [1.82, 2.24) is 20.5 Å². The van der Waals surface area contributed by atoms with Crippen LogP contribution in [0.25, 0.3) is 0 Å². The van der Waals surface area contributed by atoms with Crippen molar-refractivity contribution in [2.24, 2.45) is 10.9 Å². The van der Waals surface area contributed by atoms with Crippen molar-refractivity contribution in [3.8, 4) is 0 Å². The predicted octanol–water partition coefficient (Wildman–Crippen LogP) is 3.61. The minimum absolute atomic E-state index is 0. The number of hydrogen-bond acceptors (Lipinski definition) is 5. The lowest BCUT2D eigenvalue weighted by Crippen LogP contribution is -2.45. The van der Waals surface area contributed by atoms with Gasteiger partial charge in [0.05, 0.1) is 5.69 Å². The highest BCUT2D eigenvalue weighted by Crippen LogP contribution is 2.19. The Labute approximate surface area is 191 Å². The van der Waals surface area contributed by atoms with Gasteiger partial charge in [0, 0.05) is 26.2 Å². The molecule has 1 saturated heterocycles. The molecule has 0 bridgehead atoms. The highest BCUT2D eigenvalue weighted by atomic mass is 127. The first kappa shape index (κ1) is 25.5. The average Bonchev–Trinajstić information content (AvgIpc) is 2.94. The number of piperidine rings is 1. The third kappa shape index (κ3) is 8.79. The van der Waals surface area contributed by atoms with Crippen molar-refractivity contribution in [2.45, 2.75) is 66.5 Å². The quantitative estimate of drug-likeness (QED) is 0.350. The summed E-state index contributed by atoms with van der Waals surface area (Å²) in [5.41, 5.74) is 0.451. The lowest BCUT2D eigenvalue weighted by Gasteiger charge is -2.33. The average molecular weight is 521 g/mol. The number of aromatic nitrogens is 1. The summed E-state index contributed by atoms with van der Waals surface area (Å²) >= 11 is 0. The molecule has 0 aliphatic carbocycles. The van der Waals surface area contributed by atoms with Crippen molar-refractivity contribution in [2.75, 3.05) is 26.2 Å². The molecule has 0 saturated carbocycles. The summed E-state index contributed by atoms with van der Waals surface area (Å²) in [6, 6.07) is 0. The summed E-state index contributed by atoms with van der Waals surface area (Å²) < 4.78 is 11.0. The van der Waals surface area contributed by atoms with Gasteiger partial charge in [0.2, 0.25) is 5.89 Å². The van der Waals surface area contributed by atoms with Crippen LogP contribution in [0.3, 0.4) is 0 Å². The van der Waals surface area contributed by atoms with E-state index in [-0.39, 0.29) is 30.1 Å². The number of amides is 1. The molecule has 2 N–H and O–H groups in total. The number of hydrogen-bond donors (Lipinski definition) is 2. The van der Waals surface area contributed by atoms with Gasteiger partial charge in [-0.05, 0) is 60.3 Å². The van der Waals surface area contributed by atoms with Crippen LogP contribution in [-0.2, 0) is 11.3 Å². The number of rotatable bonds is 5. The second-order valence-corrected chi connectivity index (χ2v) is 8.24. The summed E-state index contributed by atoms with van der Waals surface area (Å²) in [6.45, 7) is 15.0. The van der Waals surface area contributed by atoms with Gasteiger partial charge in [-0.2, -0.15) is 0 Å². The van der Waals surface area contributed by atoms with E-state index >= 15 is 0 Å². The number of likely N-dealkylation sites (tertiary alicyclic amines) is 1. The van der Waals surface area contributed by atoms with E-state index in [0.29, 0.717) is 18.4 Å². The lowest BCUT2D eigenvalue weighted by molar-refractivity contribution is 0.0185. The monoisotopic (exact) mass is 521 g/mol. The molecule has 0 atom stereocenters. The van der Waals surface area contributed by atoms with Crippen LogP contribution in [0.2, 0.25) is 0 Å². The van der Waals surface area contributed by atoms with Gasteiger partial charge >= 0.3 is 6.09 Å². The first-order chi connectivity index (χ1) is 13.2. The molecule has 1 fully saturated rings. The SMILES string of the molecule is CCNC(=NCc1nc(C)c(C)o1)NCC1CCN(C(=O)OC(C)(C)C)CC1.I. The Bertz CT molecular complexity index is 657. The second-order valence-electron chi connectivity index (χ2n) is 8.24. The highest BCUT2D eigenvalue weighted by Gasteiger charge is 2.26. The summed E-state index contributed by atoms with van der Waals surface area (Å²) in [6.07, 6.45) is 1.68. The van der Waals surface area contributed by atoms with Crippen LogP contribution < -0.4 is 10.6 Å². The van der Waals surface area contributed by atoms with Crippen LogP contribution in [0.5, 0.6) is 0 Å². The molecule has 1 amide bonds. The third-order valence-electron chi connectivity index (χ3n) is 4.61. The Morgan fingerprint density at radius 3 is 2.45 bits per heavy atom. The summed E-state index contributed by atoms with van der Waals surface area (Å²) in [4.78, 5) is 22.9. The number of oxazole rings is 1. The van der Waals surface area contributed by atoms with Crippen LogP contribution in [0, 0.1) is 19.8 Å². The molecule has 1 aromatic rings. The standard InChI is InChI=1S/C20H35N5O3.HI/c1-7-21-18(23-13-17-24-14(2)15(3)27-17)22-12-16-8-10-25(11-9-16)19(26)28-20(4,5)6;/h16H,7-13H2,1-6H3,(H2,21,22,23);1H. The fraction of sp³-hybridized carbons (Fsp3) is 0.750. The van der Waals surface area contributed by atoms with Crippen molar-refractivity contribution >= 4 is 36.0 Å². The summed E-state index contributed by atoms with van der Waals surface area (Å²) in [7, 11) is 0. The molecular formula is C20H36IN5O3. The number of halogens is 1. The second kappa shape index (κ2) is 11.6. The van der Waals surface area contributed by atoms with Crippen molar-refractivity contribution in [3.63, 3.8) is 0 Å². The van der Waals surface area contributed by atoms with Crippen molar-refractivity contribution in [3.05, 3.63) is 17.3 Å². The minimum Gasteiger partial charge on any atom is -0.444 e. The number of nitrogens with zero attached hydrogens (tertiary/aromatic N) is 3. The first-order valence-electron chi connectivity index (χ1n) is 10.1. The zero-order chi connectivity index (χ0) is 20.7. The van der Waals surface area contributed by atoms with Crippen LogP contribution in [-0.4, -0.2) is 53.7 Å². The number of carbonyl (C=O) groups excluding carboxylic acids is 1. The lowest BCUT2D eigenvalue weighted by atomic mass is 9.97. The van der Waals surface area contributed by atoms with Crippen molar-refractivity contribution in [1.29, 1.82) is 0 Å². The van der Waals surface area contributed by atoms with Gasteiger partial charge in [-0.1, -0.05) is 0 Å². The first-order valence-corrected chi connectivity index (χ1v) is 10.1.